The van der Waals surface area contributed by atoms with Crippen LogP contribution in [0, 0.1) is 5.82 Å². The molecular formula is C27H23FO7. The zero-order valence-corrected chi connectivity index (χ0v) is 18.8. The van der Waals surface area contributed by atoms with E-state index in [1.54, 1.807) is 24.3 Å². The molecule has 3 rings (SSSR count). The highest BCUT2D eigenvalue weighted by Gasteiger charge is 2.12. The van der Waals surface area contributed by atoms with Gasteiger partial charge in [0, 0.05) is 6.08 Å². The van der Waals surface area contributed by atoms with Crippen LogP contribution in [0.4, 0.5) is 4.39 Å². The van der Waals surface area contributed by atoms with Gasteiger partial charge in [0.15, 0.2) is 0 Å². The van der Waals surface area contributed by atoms with Crippen molar-refractivity contribution in [1.29, 1.82) is 0 Å². The van der Waals surface area contributed by atoms with Gasteiger partial charge < -0.3 is 18.9 Å². The minimum Gasteiger partial charge on any atom is -0.494 e. The Kier molecular flexibility index (Phi) is 9.13. The molecule has 0 unspecified atom stereocenters. The first-order valence-corrected chi connectivity index (χ1v) is 10.8. The van der Waals surface area contributed by atoms with Crippen LogP contribution in [-0.2, 0) is 9.53 Å². The molecule has 35 heavy (non-hydrogen) atoms. The van der Waals surface area contributed by atoms with Gasteiger partial charge in [0.05, 0.1) is 24.3 Å². The number of unbranched alkanes of at least 4 members (excludes halogenated alkanes) is 1. The number of hydrogen-bond donors (Lipinski definition) is 0. The highest BCUT2D eigenvalue weighted by Crippen LogP contribution is 2.19. The number of carbonyl (C=O) groups is 3. The highest BCUT2D eigenvalue weighted by molar-refractivity contribution is 5.92. The zero-order chi connectivity index (χ0) is 25.0. The molecule has 0 N–H and O–H groups in total. The molecule has 180 valence electrons. The molecule has 0 radical (unpaired) electrons. The van der Waals surface area contributed by atoms with Crippen molar-refractivity contribution in [2.45, 2.75) is 12.8 Å². The average molecular weight is 478 g/mol. The second-order valence-electron chi connectivity index (χ2n) is 7.21. The summed E-state index contributed by atoms with van der Waals surface area (Å²) in [7, 11) is 0. The molecule has 0 fully saturated rings. The first kappa shape index (κ1) is 25.2. The standard InChI is InChI=1S/C27H23FO7/c1-2-25(29)33-18-4-3-17-32-22-11-5-19(6-12-22)26(30)34-23-13-7-20(8-14-23)27(31)35-24-15-9-21(28)10-16-24/h2,5-16H,1,3-4,17-18H2. The number of carbonyl (C=O) groups excluding carboxylic acids is 3. The molecule has 0 heterocycles. The third kappa shape index (κ3) is 8.12. The highest BCUT2D eigenvalue weighted by atomic mass is 19.1. The van der Waals surface area contributed by atoms with Crippen molar-refractivity contribution in [2.75, 3.05) is 13.2 Å². The van der Waals surface area contributed by atoms with E-state index in [1.807, 2.05) is 0 Å². The van der Waals surface area contributed by atoms with Crippen molar-refractivity contribution in [3.8, 4) is 17.2 Å². The number of ether oxygens (including phenoxy) is 4. The van der Waals surface area contributed by atoms with Crippen LogP contribution in [0.5, 0.6) is 17.2 Å². The van der Waals surface area contributed by atoms with Crippen molar-refractivity contribution in [3.05, 3.63) is 102 Å². The SMILES string of the molecule is C=CC(=O)OCCCCOc1ccc(C(=O)Oc2ccc(C(=O)Oc3ccc(F)cc3)cc2)cc1. The summed E-state index contributed by atoms with van der Waals surface area (Å²) in [5.41, 5.74) is 0.572. The van der Waals surface area contributed by atoms with E-state index in [4.69, 9.17) is 18.9 Å². The van der Waals surface area contributed by atoms with Crippen LogP contribution in [0.3, 0.4) is 0 Å². The molecule has 0 atom stereocenters. The molecule has 7 nitrogen and oxygen atoms in total. The largest absolute Gasteiger partial charge is 0.494 e. The number of rotatable bonds is 11. The molecule has 0 saturated carbocycles. The molecular weight excluding hydrogens is 455 g/mol. The van der Waals surface area contributed by atoms with Crippen molar-refractivity contribution < 1.29 is 37.7 Å². The van der Waals surface area contributed by atoms with Gasteiger partial charge in [-0.05, 0) is 85.6 Å². The number of hydrogen-bond acceptors (Lipinski definition) is 7. The van der Waals surface area contributed by atoms with E-state index in [0.717, 1.165) is 6.08 Å². The van der Waals surface area contributed by atoms with Gasteiger partial charge in [0.1, 0.15) is 23.1 Å². The van der Waals surface area contributed by atoms with Gasteiger partial charge in [0.2, 0.25) is 0 Å². The summed E-state index contributed by atoms with van der Waals surface area (Å²) >= 11 is 0. The summed E-state index contributed by atoms with van der Waals surface area (Å²) < 4.78 is 33.9. The Hall–Kier alpha value is -4.46. The minimum atomic E-state index is -0.622. The lowest BCUT2D eigenvalue weighted by Gasteiger charge is -2.08. The molecule has 0 spiro atoms. The summed E-state index contributed by atoms with van der Waals surface area (Å²) in [5.74, 6) is -1.01. The predicted molar refractivity (Wildman–Crippen MR) is 125 cm³/mol. The van der Waals surface area contributed by atoms with Crippen molar-refractivity contribution in [2.24, 2.45) is 0 Å². The van der Waals surface area contributed by atoms with Gasteiger partial charge in [-0.3, -0.25) is 0 Å². The summed E-state index contributed by atoms with van der Waals surface area (Å²) in [6, 6.07) is 17.4. The molecule has 0 aliphatic heterocycles. The molecule has 0 aliphatic carbocycles. The third-order valence-electron chi connectivity index (χ3n) is 4.63. The first-order valence-electron chi connectivity index (χ1n) is 10.8. The van der Waals surface area contributed by atoms with Crippen molar-refractivity contribution in [1.82, 2.24) is 0 Å². The second-order valence-corrected chi connectivity index (χ2v) is 7.21. The van der Waals surface area contributed by atoms with Gasteiger partial charge in [-0.1, -0.05) is 6.58 Å². The Bertz CT molecular complexity index is 1150. The fourth-order valence-corrected chi connectivity index (χ4v) is 2.81. The molecule has 0 saturated heterocycles. The van der Waals surface area contributed by atoms with Gasteiger partial charge in [-0.15, -0.1) is 0 Å². The quantitative estimate of drug-likeness (QED) is 0.163. The Morgan fingerprint density at radius 1 is 0.686 bits per heavy atom. The van der Waals surface area contributed by atoms with Crippen LogP contribution in [0.25, 0.3) is 0 Å². The number of esters is 3. The molecule has 3 aromatic rings. The van der Waals surface area contributed by atoms with Gasteiger partial charge >= 0.3 is 17.9 Å². The van der Waals surface area contributed by atoms with Gasteiger partial charge in [0.25, 0.3) is 0 Å². The van der Waals surface area contributed by atoms with Gasteiger partial charge in [-0.25, -0.2) is 18.8 Å². The van der Waals surface area contributed by atoms with E-state index in [2.05, 4.69) is 6.58 Å². The van der Waals surface area contributed by atoms with Crippen LogP contribution >= 0.6 is 0 Å². The van der Waals surface area contributed by atoms with Crippen LogP contribution in [0.1, 0.15) is 33.6 Å². The van der Waals surface area contributed by atoms with E-state index in [-0.39, 0.29) is 17.1 Å². The molecule has 0 amide bonds. The van der Waals surface area contributed by atoms with E-state index in [1.165, 1.54) is 48.5 Å². The van der Waals surface area contributed by atoms with E-state index in [9.17, 15) is 18.8 Å². The average Bonchev–Trinajstić information content (AvgIpc) is 2.88. The molecule has 0 bridgehead atoms. The number of halogens is 1. The second kappa shape index (κ2) is 12.7. The number of benzene rings is 3. The maximum absolute atomic E-state index is 13.0. The molecule has 0 aromatic heterocycles. The van der Waals surface area contributed by atoms with Crippen LogP contribution in [0.15, 0.2) is 85.5 Å². The van der Waals surface area contributed by atoms with Crippen molar-refractivity contribution >= 4 is 17.9 Å². The topological polar surface area (TPSA) is 88.1 Å². The van der Waals surface area contributed by atoms with Crippen molar-refractivity contribution in [3.63, 3.8) is 0 Å². The molecule has 3 aromatic carbocycles. The smallest absolute Gasteiger partial charge is 0.343 e. The maximum atomic E-state index is 13.0. The Labute approximate surface area is 201 Å². The zero-order valence-electron chi connectivity index (χ0n) is 18.8. The Morgan fingerprint density at radius 2 is 1.14 bits per heavy atom. The van der Waals surface area contributed by atoms with E-state index >= 15 is 0 Å². The lowest BCUT2D eigenvalue weighted by Crippen LogP contribution is -2.10. The normalized spacial score (nSPS) is 10.2. The van der Waals surface area contributed by atoms with Crippen LogP contribution in [0.2, 0.25) is 0 Å². The Morgan fingerprint density at radius 3 is 1.66 bits per heavy atom. The van der Waals surface area contributed by atoms with E-state index < -0.39 is 23.7 Å². The van der Waals surface area contributed by atoms with Gasteiger partial charge in [-0.2, -0.15) is 0 Å². The monoisotopic (exact) mass is 478 g/mol. The fourth-order valence-electron chi connectivity index (χ4n) is 2.81. The summed E-state index contributed by atoms with van der Waals surface area (Å²) in [6.45, 7) is 4.06. The lowest BCUT2D eigenvalue weighted by atomic mass is 10.2. The lowest BCUT2D eigenvalue weighted by molar-refractivity contribution is -0.137. The third-order valence-corrected chi connectivity index (χ3v) is 4.63. The molecule has 8 heteroatoms. The minimum absolute atomic E-state index is 0.216. The maximum Gasteiger partial charge on any atom is 0.343 e. The predicted octanol–water partition coefficient (Wildman–Crippen LogP) is 5.15. The fraction of sp³-hybridized carbons (Fsp3) is 0.148. The summed E-state index contributed by atoms with van der Waals surface area (Å²) in [4.78, 5) is 35.5. The van der Waals surface area contributed by atoms with E-state index in [0.29, 0.717) is 37.4 Å². The van der Waals surface area contributed by atoms with Crippen LogP contribution in [-0.4, -0.2) is 31.1 Å². The molecule has 0 aliphatic rings. The summed E-state index contributed by atoms with van der Waals surface area (Å²) in [5, 5.41) is 0. The summed E-state index contributed by atoms with van der Waals surface area (Å²) in [6.07, 6.45) is 2.47. The first-order chi connectivity index (χ1) is 16.9. The Balaban J connectivity index is 1.44. The van der Waals surface area contributed by atoms with Crippen LogP contribution < -0.4 is 14.2 Å².